The second kappa shape index (κ2) is 9.40. The summed E-state index contributed by atoms with van der Waals surface area (Å²) in [5, 5.41) is 3.46. The SMILES string of the molecule is Cc1ccc(C)c(SCCNCCCOC(C)C)c1. The monoisotopic (exact) mass is 281 g/mol. The molecular weight excluding hydrogens is 254 g/mol. The third kappa shape index (κ3) is 7.61. The van der Waals surface area contributed by atoms with Gasteiger partial charge in [-0.15, -0.1) is 11.8 Å². The predicted octanol–water partition coefficient (Wildman–Crippen LogP) is 3.80. The highest BCUT2D eigenvalue weighted by Crippen LogP contribution is 2.22. The summed E-state index contributed by atoms with van der Waals surface area (Å²) in [4.78, 5) is 1.41. The first-order chi connectivity index (χ1) is 9.09. The molecule has 0 saturated heterocycles. The van der Waals surface area contributed by atoms with Gasteiger partial charge in [0.25, 0.3) is 0 Å². The van der Waals surface area contributed by atoms with Gasteiger partial charge in [-0.1, -0.05) is 17.7 Å². The molecule has 0 spiro atoms. The molecule has 1 rings (SSSR count). The summed E-state index contributed by atoms with van der Waals surface area (Å²) in [5.74, 6) is 1.12. The van der Waals surface area contributed by atoms with E-state index in [2.05, 4.69) is 51.2 Å². The molecule has 0 atom stereocenters. The van der Waals surface area contributed by atoms with E-state index in [1.807, 2.05) is 11.8 Å². The Bertz CT molecular complexity index is 366. The lowest BCUT2D eigenvalue weighted by Gasteiger charge is -2.09. The van der Waals surface area contributed by atoms with Crippen molar-refractivity contribution >= 4 is 11.8 Å². The first-order valence-corrected chi connectivity index (χ1v) is 8.10. The summed E-state index contributed by atoms with van der Waals surface area (Å²) in [5.41, 5.74) is 2.72. The topological polar surface area (TPSA) is 21.3 Å². The van der Waals surface area contributed by atoms with E-state index in [-0.39, 0.29) is 0 Å². The number of thioether (sulfide) groups is 1. The zero-order valence-corrected chi connectivity index (χ0v) is 13.5. The van der Waals surface area contributed by atoms with Gasteiger partial charge in [-0.05, 0) is 52.3 Å². The van der Waals surface area contributed by atoms with Crippen molar-refractivity contribution in [3.63, 3.8) is 0 Å². The van der Waals surface area contributed by atoms with Crippen molar-refractivity contribution in [1.29, 1.82) is 0 Å². The molecule has 3 heteroatoms. The molecule has 2 nitrogen and oxygen atoms in total. The van der Waals surface area contributed by atoms with Crippen molar-refractivity contribution < 1.29 is 4.74 Å². The molecule has 0 fully saturated rings. The van der Waals surface area contributed by atoms with Crippen molar-refractivity contribution in [2.75, 3.05) is 25.4 Å². The normalized spacial score (nSPS) is 11.2. The first-order valence-electron chi connectivity index (χ1n) is 7.12. The lowest BCUT2D eigenvalue weighted by Crippen LogP contribution is -2.20. The zero-order valence-electron chi connectivity index (χ0n) is 12.7. The van der Waals surface area contributed by atoms with E-state index in [4.69, 9.17) is 4.74 Å². The van der Waals surface area contributed by atoms with Gasteiger partial charge in [-0.3, -0.25) is 0 Å². The summed E-state index contributed by atoms with van der Waals surface area (Å²) in [6.07, 6.45) is 1.44. The second-order valence-electron chi connectivity index (χ2n) is 5.14. The van der Waals surface area contributed by atoms with Crippen LogP contribution in [-0.2, 0) is 4.74 Å². The average Bonchev–Trinajstić information content (AvgIpc) is 2.36. The minimum absolute atomic E-state index is 0.347. The molecule has 0 unspecified atom stereocenters. The maximum absolute atomic E-state index is 5.50. The Labute approximate surface area is 122 Å². The van der Waals surface area contributed by atoms with Crippen LogP contribution in [0, 0.1) is 13.8 Å². The minimum Gasteiger partial charge on any atom is -0.379 e. The Morgan fingerprint density at radius 2 is 2.00 bits per heavy atom. The average molecular weight is 281 g/mol. The summed E-state index contributed by atoms with van der Waals surface area (Å²) >= 11 is 1.94. The fraction of sp³-hybridized carbons (Fsp3) is 0.625. The molecule has 108 valence electrons. The molecule has 0 heterocycles. The molecule has 0 aliphatic carbocycles. The molecule has 0 saturated carbocycles. The number of hydrogen-bond acceptors (Lipinski definition) is 3. The molecule has 0 aliphatic rings. The van der Waals surface area contributed by atoms with Gasteiger partial charge in [0, 0.05) is 23.8 Å². The highest BCUT2D eigenvalue weighted by molar-refractivity contribution is 7.99. The maximum atomic E-state index is 5.50. The predicted molar refractivity (Wildman–Crippen MR) is 85.2 cm³/mol. The number of nitrogens with one attached hydrogen (secondary N) is 1. The van der Waals surface area contributed by atoms with Gasteiger partial charge in [-0.2, -0.15) is 0 Å². The van der Waals surface area contributed by atoms with Crippen LogP contribution in [0.15, 0.2) is 23.1 Å². The van der Waals surface area contributed by atoms with Gasteiger partial charge in [0.2, 0.25) is 0 Å². The highest BCUT2D eigenvalue weighted by Gasteiger charge is 1.99. The molecule has 1 aromatic rings. The number of rotatable bonds is 9. The summed E-state index contributed by atoms with van der Waals surface area (Å²) in [7, 11) is 0. The van der Waals surface area contributed by atoms with E-state index in [0.717, 1.165) is 31.9 Å². The molecule has 0 bridgehead atoms. The lowest BCUT2D eigenvalue weighted by molar-refractivity contribution is 0.0772. The Hall–Kier alpha value is -0.510. The number of ether oxygens (including phenoxy) is 1. The van der Waals surface area contributed by atoms with Gasteiger partial charge < -0.3 is 10.1 Å². The highest BCUT2D eigenvalue weighted by atomic mass is 32.2. The third-order valence-electron chi connectivity index (χ3n) is 2.83. The van der Waals surface area contributed by atoms with Gasteiger partial charge in [0.05, 0.1) is 6.10 Å². The van der Waals surface area contributed by atoms with Crippen LogP contribution in [0.25, 0.3) is 0 Å². The van der Waals surface area contributed by atoms with Crippen molar-refractivity contribution in [3.8, 4) is 0 Å². The summed E-state index contributed by atoms with van der Waals surface area (Å²) in [6, 6.07) is 6.65. The molecule has 0 aliphatic heterocycles. The van der Waals surface area contributed by atoms with Crippen molar-refractivity contribution in [2.45, 2.75) is 45.1 Å². The van der Waals surface area contributed by atoms with Gasteiger partial charge >= 0.3 is 0 Å². The molecule has 19 heavy (non-hydrogen) atoms. The molecular formula is C16H27NOS. The molecule has 1 N–H and O–H groups in total. The smallest absolute Gasteiger partial charge is 0.0518 e. The Kier molecular flexibility index (Phi) is 8.19. The van der Waals surface area contributed by atoms with Crippen LogP contribution < -0.4 is 5.32 Å². The van der Waals surface area contributed by atoms with E-state index in [9.17, 15) is 0 Å². The Morgan fingerprint density at radius 3 is 2.74 bits per heavy atom. The lowest BCUT2D eigenvalue weighted by atomic mass is 10.2. The van der Waals surface area contributed by atoms with E-state index in [0.29, 0.717) is 6.10 Å². The number of benzene rings is 1. The van der Waals surface area contributed by atoms with E-state index < -0.39 is 0 Å². The van der Waals surface area contributed by atoms with Crippen molar-refractivity contribution in [3.05, 3.63) is 29.3 Å². The van der Waals surface area contributed by atoms with Crippen LogP contribution in [0.2, 0.25) is 0 Å². The van der Waals surface area contributed by atoms with Gasteiger partial charge in [-0.25, -0.2) is 0 Å². The van der Waals surface area contributed by atoms with Crippen LogP contribution in [0.3, 0.4) is 0 Å². The maximum Gasteiger partial charge on any atom is 0.0518 e. The largest absolute Gasteiger partial charge is 0.379 e. The first kappa shape index (κ1) is 16.5. The zero-order chi connectivity index (χ0) is 14.1. The Morgan fingerprint density at radius 1 is 1.21 bits per heavy atom. The van der Waals surface area contributed by atoms with Gasteiger partial charge in [0.15, 0.2) is 0 Å². The van der Waals surface area contributed by atoms with E-state index in [1.165, 1.54) is 16.0 Å². The van der Waals surface area contributed by atoms with Crippen LogP contribution in [0.5, 0.6) is 0 Å². The fourth-order valence-electron chi connectivity index (χ4n) is 1.74. The minimum atomic E-state index is 0.347. The van der Waals surface area contributed by atoms with Crippen LogP contribution in [0.4, 0.5) is 0 Å². The molecule has 0 aromatic heterocycles. The molecule has 0 amide bonds. The number of aryl methyl sites for hydroxylation is 2. The summed E-state index contributed by atoms with van der Waals surface area (Å²) in [6.45, 7) is 11.4. The van der Waals surface area contributed by atoms with Crippen molar-refractivity contribution in [1.82, 2.24) is 5.32 Å². The fourth-order valence-corrected chi connectivity index (χ4v) is 2.77. The standard InChI is InChI=1S/C16H27NOS/c1-13(2)18-10-5-8-17-9-11-19-16-12-14(3)6-7-15(16)4/h6-7,12-13,17H,5,8-11H2,1-4H3. The van der Waals surface area contributed by atoms with Crippen LogP contribution >= 0.6 is 11.8 Å². The molecule has 0 radical (unpaired) electrons. The van der Waals surface area contributed by atoms with E-state index in [1.54, 1.807) is 0 Å². The number of hydrogen-bond donors (Lipinski definition) is 1. The Balaban J connectivity index is 2.06. The molecule has 1 aromatic carbocycles. The van der Waals surface area contributed by atoms with E-state index >= 15 is 0 Å². The van der Waals surface area contributed by atoms with Crippen LogP contribution in [0.1, 0.15) is 31.4 Å². The van der Waals surface area contributed by atoms with Crippen molar-refractivity contribution in [2.24, 2.45) is 0 Å². The quantitative estimate of drug-likeness (QED) is 0.549. The third-order valence-corrected chi connectivity index (χ3v) is 3.99. The summed E-state index contributed by atoms with van der Waals surface area (Å²) < 4.78 is 5.50. The van der Waals surface area contributed by atoms with Gasteiger partial charge in [0.1, 0.15) is 0 Å². The van der Waals surface area contributed by atoms with Crippen LogP contribution in [-0.4, -0.2) is 31.6 Å². The second-order valence-corrected chi connectivity index (χ2v) is 6.28.